The molecule has 0 aliphatic heterocycles. The van der Waals surface area contributed by atoms with Crippen LogP contribution >= 0.6 is 0 Å². The first kappa shape index (κ1) is 9.40. The van der Waals surface area contributed by atoms with Crippen LogP contribution in [0.1, 0.15) is 18.5 Å². The van der Waals surface area contributed by atoms with Gasteiger partial charge in [0.1, 0.15) is 12.1 Å². The number of nitrogens with two attached hydrogens (primary N) is 1. The van der Waals surface area contributed by atoms with E-state index >= 15 is 0 Å². The number of nitrogens with zero attached hydrogens (tertiary/aromatic N) is 2. The van der Waals surface area contributed by atoms with Gasteiger partial charge >= 0.3 is 0 Å². The molecule has 76 valence electrons. The molecule has 1 aliphatic carbocycles. The van der Waals surface area contributed by atoms with Gasteiger partial charge in [0.05, 0.1) is 6.10 Å². The minimum Gasteiger partial charge on any atom is -0.384 e. The molecule has 2 N–H and O–H groups in total. The highest BCUT2D eigenvalue weighted by molar-refractivity contribution is 5.28. The average Bonchev–Trinajstić information content (AvgIpc) is 2.10. The number of hydrogen-bond donors (Lipinski definition) is 1. The molecule has 0 aromatic carbocycles. The van der Waals surface area contributed by atoms with Crippen molar-refractivity contribution in [1.82, 2.24) is 9.97 Å². The third-order valence-electron chi connectivity index (χ3n) is 2.77. The molecule has 1 fully saturated rings. The average molecular weight is 193 g/mol. The van der Waals surface area contributed by atoms with Crippen molar-refractivity contribution >= 4 is 5.82 Å². The lowest BCUT2D eigenvalue weighted by atomic mass is 9.79. The van der Waals surface area contributed by atoms with Gasteiger partial charge in [-0.05, 0) is 25.2 Å². The van der Waals surface area contributed by atoms with Crippen molar-refractivity contribution in [3.63, 3.8) is 0 Å². The van der Waals surface area contributed by atoms with E-state index in [0.29, 0.717) is 17.8 Å². The van der Waals surface area contributed by atoms with Crippen molar-refractivity contribution < 1.29 is 4.74 Å². The molecule has 1 aliphatic rings. The molecule has 1 saturated carbocycles. The fraction of sp³-hybridized carbons (Fsp3) is 0.600. The Bertz CT molecular complexity index is 310. The molecule has 0 atom stereocenters. The molecule has 14 heavy (non-hydrogen) atoms. The zero-order chi connectivity index (χ0) is 9.97. The molecule has 0 radical (unpaired) electrons. The second kappa shape index (κ2) is 3.92. The summed E-state index contributed by atoms with van der Waals surface area (Å²) in [6.07, 6.45) is 5.25. The number of aromatic nitrogens is 2. The van der Waals surface area contributed by atoms with Gasteiger partial charge < -0.3 is 10.5 Å². The number of hydrogen-bond acceptors (Lipinski definition) is 4. The molecule has 0 amide bonds. The van der Waals surface area contributed by atoms with Crippen LogP contribution in [0.15, 0.2) is 12.4 Å². The number of ether oxygens (including phenoxy) is 1. The van der Waals surface area contributed by atoms with E-state index in [0.717, 1.165) is 25.0 Å². The Morgan fingerprint density at radius 3 is 2.93 bits per heavy atom. The van der Waals surface area contributed by atoms with Gasteiger partial charge in [0.15, 0.2) is 0 Å². The third-order valence-corrected chi connectivity index (χ3v) is 2.77. The van der Waals surface area contributed by atoms with Crippen LogP contribution in [0.25, 0.3) is 0 Å². The molecule has 0 spiro atoms. The molecule has 4 nitrogen and oxygen atoms in total. The van der Waals surface area contributed by atoms with Crippen LogP contribution in [-0.2, 0) is 11.2 Å². The molecule has 0 unspecified atom stereocenters. The highest BCUT2D eigenvalue weighted by atomic mass is 16.5. The Morgan fingerprint density at radius 1 is 1.50 bits per heavy atom. The molecule has 1 aromatic rings. The minimum absolute atomic E-state index is 0.458. The van der Waals surface area contributed by atoms with Gasteiger partial charge in [-0.25, -0.2) is 9.97 Å². The van der Waals surface area contributed by atoms with Crippen molar-refractivity contribution in [1.29, 1.82) is 0 Å². The van der Waals surface area contributed by atoms with Crippen LogP contribution in [0.4, 0.5) is 5.82 Å². The SMILES string of the molecule is COC1CC(Cc2cc(N)ncn2)C1. The maximum atomic E-state index is 5.57. The summed E-state index contributed by atoms with van der Waals surface area (Å²) in [5.41, 5.74) is 6.61. The lowest BCUT2D eigenvalue weighted by Crippen LogP contribution is -2.31. The summed E-state index contributed by atoms with van der Waals surface area (Å²) < 4.78 is 5.22. The highest BCUT2D eigenvalue weighted by Crippen LogP contribution is 2.31. The summed E-state index contributed by atoms with van der Waals surface area (Å²) in [5, 5.41) is 0. The van der Waals surface area contributed by atoms with Crippen LogP contribution in [0, 0.1) is 5.92 Å². The lowest BCUT2D eigenvalue weighted by molar-refractivity contribution is 0.00116. The second-order valence-electron chi connectivity index (χ2n) is 3.83. The van der Waals surface area contributed by atoms with E-state index in [1.165, 1.54) is 6.33 Å². The monoisotopic (exact) mass is 193 g/mol. The van der Waals surface area contributed by atoms with Crippen LogP contribution in [-0.4, -0.2) is 23.2 Å². The van der Waals surface area contributed by atoms with Crippen LogP contribution in [0.3, 0.4) is 0 Å². The van der Waals surface area contributed by atoms with Crippen molar-refractivity contribution in [2.45, 2.75) is 25.4 Å². The normalized spacial score (nSPS) is 25.8. The standard InChI is InChI=1S/C10H15N3O/c1-14-9-3-7(4-9)2-8-5-10(11)13-6-12-8/h5-7,9H,2-4H2,1H3,(H2,11,12,13). The van der Waals surface area contributed by atoms with Gasteiger partial charge in [-0.15, -0.1) is 0 Å². The Morgan fingerprint density at radius 2 is 2.29 bits per heavy atom. The topological polar surface area (TPSA) is 61.0 Å². The maximum absolute atomic E-state index is 5.57. The van der Waals surface area contributed by atoms with Gasteiger partial charge in [0, 0.05) is 18.9 Å². The molecule has 4 heteroatoms. The Hall–Kier alpha value is -1.16. The summed E-state index contributed by atoms with van der Waals surface area (Å²) in [6.45, 7) is 0. The first-order chi connectivity index (χ1) is 6.78. The Balaban J connectivity index is 1.87. The number of rotatable bonds is 3. The minimum atomic E-state index is 0.458. The molecule has 0 saturated heterocycles. The fourth-order valence-electron chi connectivity index (χ4n) is 1.86. The second-order valence-corrected chi connectivity index (χ2v) is 3.83. The predicted octanol–water partition coefficient (Wildman–Crippen LogP) is 1.03. The Labute approximate surface area is 83.5 Å². The maximum Gasteiger partial charge on any atom is 0.126 e. The van der Waals surface area contributed by atoms with Crippen molar-refractivity contribution in [3.05, 3.63) is 18.1 Å². The van der Waals surface area contributed by atoms with E-state index in [1.807, 2.05) is 6.07 Å². The van der Waals surface area contributed by atoms with Crippen molar-refractivity contribution in [2.75, 3.05) is 12.8 Å². The van der Waals surface area contributed by atoms with Gasteiger partial charge in [0.25, 0.3) is 0 Å². The summed E-state index contributed by atoms with van der Waals surface area (Å²) in [6, 6.07) is 1.85. The van der Waals surface area contributed by atoms with E-state index in [9.17, 15) is 0 Å². The van der Waals surface area contributed by atoms with Crippen LogP contribution < -0.4 is 5.73 Å². The molecule has 1 heterocycles. The third kappa shape index (κ3) is 2.01. The largest absolute Gasteiger partial charge is 0.384 e. The zero-order valence-corrected chi connectivity index (χ0v) is 8.31. The highest BCUT2D eigenvalue weighted by Gasteiger charge is 2.29. The zero-order valence-electron chi connectivity index (χ0n) is 8.31. The Kier molecular flexibility index (Phi) is 2.63. The predicted molar refractivity (Wildman–Crippen MR) is 53.7 cm³/mol. The van der Waals surface area contributed by atoms with E-state index in [-0.39, 0.29) is 0 Å². The fourth-order valence-corrected chi connectivity index (χ4v) is 1.86. The summed E-state index contributed by atoms with van der Waals surface area (Å²) in [4.78, 5) is 8.04. The number of anilines is 1. The van der Waals surface area contributed by atoms with Gasteiger partial charge in [-0.3, -0.25) is 0 Å². The van der Waals surface area contributed by atoms with Gasteiger partial charge in [0.2, 0.25) is 0 Å². The van der Waals surface area contributed by atoms with Crippen molar-refractivity contribution in [2.24, 2.45) is 5.92 Å². The summed E-state index contributed by atoms with van der Waals surface area (Å²) in [7, 11) is 1.77. The molecule has 0 bridgehead atoms. The number of methoxy groups -OCH3 is 1. The lowest BCUT2D eigenvalue weighted by Gasteiger charge is -2.33. The van der Waals surface area contributed by atoms with Crippen LogP contribution in [0.2, 0.25) is 0 Å². The molecular formula is C10H15N3O. The van der Waals surface area contributed by atoms with Crippen LogP contribution in [0.5, 0.6) is 0 Å². The first-order valence-electron chi connectivity index (χ1n) is 4.87. The van der Waals surface area contributed by atoms with Crippen molar-refractivity contribution in [3.8, 4) is 0 Å². The van der Waals surface area contributed by atoms with Gasteiger partial charge in [-0.1, -0.05) is 0 Å². The van der Waals surface area contributed by atoms with E-state index in [4.69, 9.17) is 10.5 Å². The smallest absolute Gasteiger partial charge is 0.126 e. The first-order valence-corrected chi connectivity index (χ1v) is 4.87. The molecule has 2 rings (SSSR count). The molecular weight excluding hydrogens is 178 g/mol. The summed E-state index contributed by atoms with van der Waals surface area (Å²) >= 11 is 0. The number of nitrogen functional groups attached to an aromatic ring is 1. The quantitative estimate of drug-likeness (QED) is 0.778. The molecule has 1 aromatic heterocycles. The summed E-state index contributed by atoms with van der Waals surface area (Å²) in [5.74, 6) is 1.26. The van der Waals surface area contributed by atoms with E-state index in [1.54, 1.807) is 7.11 Å². The van der Waals surface area contributed by atoms with E-state index in [2.05, 4.69) is 9.97 Å². The van der Waals surface area contributed by atoms with E-state index < -0.39 is 0 Å². The van der Waals surface area contributed by atoms with Gasteiger partial charge in [-0.2, -0.15) is 0 Å².